The monoisotopic (exact) mass is 412 g/mol. The van der Waals surface area contributed by atoms with Gasteiger partial charge in [-0.3, -0.25) is 4.79 Å². The molecule has 9 heteroatoms. The number of benzene rings is 1. The fraction of sp³-hybridized carbons (Fsp3) is 0.350. The zero-order chi connectivity index (χ0) is 20.1. The van der Waals surface area contributed by atoms with Crippen LogP contribution < -0.4 is 16.1 Å². The third kappa shape index (κ3) is 4.73. The van der Waals surface area contributed by atoms with Gasteiger partial charge in [-0.1, -0.05) is 24.6 Å². The van der Waals surface area contributed by atoms with Crippen LogP contribution in [0.2, 0.25) is 0 Å². The molecule has 3 heterocycles. The molecule has 0 aliphatic carbocycles. The number of carbonyl (C=O) groups excluding carboxylic acids is 1. The van der Waals surface area contributed by atoms with Crippen molar-refractivity contribution in [3.05, 3.63) is 42.7 Å². The minimum Gasteiger partial charge on any atom is -0.461 e. The second-order valence-electron chi connectivity index (χ2n) is 6.94. The van der Waals surface area contributed by atoms with Gasteiger partial charge in [-0.15, -0.1) is 10.2 Å². The molecule has 3 N–H and O–H groups in total. The van der Waals surface area contributed by atoms with E-state index in [0.717, 1.165) is 18.8 Å². The van der Waals surface area contributed by atoms with E-state index in [1.54, 1.807) is 18.4 Å². The Labute approximate surface area is 173 Å². The number of hydrogen-bond acceptors (Lipinski definition) is 7. The van der Waals surface area contributed by atoms with Crippen molar-refractivity contribution in [2.75, 3.05) is 34.9 Å². The van der Waals surface area contributed by atoms with Crippen LogP contribution in [0, 0.1) is 0 Å². The SMILES string of the molecule is Nn1c(SCC(=O)Nc2ccc(N3CCCCCC3)cc2)nnc1-c1ccco1. The first-order chi connectivity index (χ1) is 14.2. The minimum atomic E-state index is -0.125. The first-order valence-corrected chi connectivity index (χ1v) is 10.7. The highest BCUT2D eigenvalue weighted by molar-refractivity contribution is 7.99. The number of nitrogens with zero attached hydrogens (tertiary/aromatic N) is 4. The summed E-state index contributed by atoms with van der Waals surface area (Å²) in [6.45, 7) is 2.20. The molecule has 0 atom stereocenters. The van der Waals surface area contributed by atoms with E-state index in [1.165, 1.54) is 47.8 Å². The van der Waals surface area contributed by atoms with Gasteiger partial charge >= 0.3 is 0 Å². The van der Waals surface area contributed by atoms with Crippen molar-refractivity contribution in [1.82, 2.24) is 14.9 Å². The molecule has 3 aromatic rings. The van der Waals surface area contributed by atoms with Gasteiger partial charge in [0.15, 0.2) is 5.76 Å². The van der Waals surface area contributed by atoms with E-state index in [0.29, 0.717) is 16.7 Å². The summed E-state index contributed by atoms with van der Waals surface area (Å²) in [5.41, 5.74) is 1.99. The van der Waals surface area contributed by atoms with Gasteiger partial charge < -0.3 is 20.5 Å². The van der Waals surface area contributed by atoms with Gasteiger partial charge in [-0.05, 0) is 49.2 Å². The lowest BCUT2D eigenvalue weighted by atomic mass is 10.2. The van der Waals surface area contributed by atoms with Crippen molar-refractivity contribution in [3.8, 4) is 11.6 Å². The third-order valence-corrected chi connectivity index (χ3v) is 5.80. The van der Waals surface area contributed by atoms with Crippen molar-refractivity contribution in [2.24, 2.45) is 0 Å². The normalized spacial score (nSPS) is 14.6. The highest BCUT2D eigenvalue weighted by Crippen LogP contribution is 2.23. The molecule has 2 aromatic heterocycles. The highest BCUT2D eigenvalue weighted by Gasteiger charge is 2.16. The third-order valence-electron chi connectivity index (χ3n) is 4.86. The molecule has 1 aliphatic rings. The molecule has 0 bridgehead atoms. The van der Waals surface area contributed by atoms with Crippen molar-refractivity contribution in [1.29, 1.82) is 0 Å². The van der Waals surface area contributed by atoms with Crippen LogP contribution in [-0.2, 0) is 4.79 Å². The van der Waals surface area contributed by atoms with E-state index in [2.05, 4.69) is 32.5 Å². The van der Waals surface area contributed by atoms with E-state index >= 15 is 0 Å². The maximum atomic E-state index is 12.3. The van der Waals surface area contributed by atoms with E-state index in [4.69, 9.17) is 10.3 Å². The Morgan fingerprint density at radius 2 is 1.86 bits per heavy atom. The quantitative estimate of drug-likeness (QED) is 0.473. The van der Waals surface area contributed by atoms with E-state index in [9.17, 15) is 4.79 Å². The number of nitrogens with one attached hydrogen (secondary N) is 1. The molecule has 0 spiro atoms. The lowest BCUT2D eigenvalue weighted by Gasteiger charge is -2.22. The summed E-state index contributed by atoms with van der Waals surface area (Å²) < 4.78 is 6.61. The lowest BCUT2D eigenvalue weighted by Crippen LogP contribution is -2.23. The molecule has 1 amide bonds. The zero-order valence-corrected chi connectivity index (χ0v) is 16.9. The Morgan fingerprint density at radius 3 is 2.55 bits per heavy atom. The van der Waals surface area contributed by atoms with Crippen LogP contribution in [0.15, 0.2) is 52.2 Å². The summed E-state index contributed by atoms with van der Waals surface area (Å²) in [4.78, 5) is 14.7. The number of hydrogen-bond donors (Lipinski definition) is 2. The van der Waals surface area contributed by atoms with Crippen molar-refractivity contribution < 1.29 is 9.21 Å². The van der Waals surface area contributed by atoms with Crippen LogP contribution in [0.3, 0.4) is 0 Å². The van der Waals surface area contributed by atoms with Gasteiger partial charge in [0.05, 0.1) is 12.0 Å². The smallest absolute Gasteiger partial charge is 0.234 e. The number of rotatable bonds is 6. The van der Waals surface area contributed by atoms with Crippen LogP contribution in [0.5, 0.6) is 0 Å². The number of aromatic nitrogens is 3. The molecular weight excluding hydrogens is 388 g/mol. The summed E-state index contributed by atoms with van der Waals surface area (Å²) in [5, 5.41) is 11.4. The standard InChI is InChI=1S/C20H24N6O2S/c21-26-19(17-6-5-13-28-17)23-24-20(26)29-14-18(27)22-15-7-9-16(10-8-15)25-11-3-1-2-4-12-25/h5-10,13H,1-4,11-12,14,21H2,(H,22,27). The summed E-state index contributed by atoms with van der Waals surface area (Å²) in [5.74, 6) is 7.01. The Morgan fingerprint density at radius 1 is 1.10 bits per heavy atom. The average molecular weight is 413 g/mol. The Kier molecular flexibility index (Phi) is 6.04. The Balaban J connectivity index is 1.31. The number of nitrogen functional groups attached to an aromatic ring is 1. The zero-order valence-electron chi connectivity index (χ0n) is 16.1. The van der Waals surface area contributed by atoms with E-state index in [-0.39, 0.29) is 11.7 Å². The molecule has 1 aromatic carbocycles. The fourth-order valence-corrected chi connectivity index (χ4v) is 4.02. The van der Waals surface area contributed by atoms with Crippen LogP contribution in [-0.4, -0.2) is 39.6 Å². The van der Waals surface area contributed by atoms with E-state index in [1.807, 2.05) is 12.1 Å². The molecule has 152 valence electrons. The molecular formula is C20H24N6O2S. The number of thioether (sulfide) groups is 1. The second-order valence-corrected chi connectivity index (χ2v) is 7.88. The van der Waals surface area contributed by atoms with Gasteiger partial charge in [-0.25, -0.2) is 4.68 Å². The number of carbonyl (C=O) groups is 1. The molecule has 1 saturated heterocycles. The number of amides is 1. The van der Waals surface area contributed by atoms with Crippen molar-refractivity contribution in [2.45, 2.75) is 30.8 Å². The first kappa shape index (κ1) is 19.4. The van der Waals surface area contributed by atoms with Gasteiger partial charge in [0.25, 0.3) is 0 Å². The first-order valence-electron chi connectivity index (χ1n) is 9.73. The molecule has 1 fully saturated rings. The molecule has 0 unspecified atom stereocenters. The topological polar surface area (TPSA) is 102 Å². The van der Waals surface area contributed by atoms with Gasteiger partial charge in [0, 0.05) is 24.5 Å². The maximum absolute atomic E-state index is 12.3. The molecule has 1 aliphatic heterocycles. The lowest BCUT2D eigenvalue weighted by molar-refractivity contribution is -0.113. The minimum absolute atomic E-state index is 0.125. The second kappa shape index (κ2) is 9.04. The predicted octanol–water partition coefficient (Wildman–Crippen LogP) is 3.36. The Bertz CT molecular complexity index is 931. The molecule has 0 radical (unpaired) electrons. The van der Waals surface area contributed by atoms with Gasteiger partial charge in [-0.2, -0.15) is 0 Å². The van der Waals surface area contributed by atoms with E-state index < -0.39 is 0 Å². The van der Waals surface area contributed by atoms with Gasteiger partial charge in [0.1, 0.15) is 0 Å². The maximum Gasteiger partial charge on any atom is 0.234 e. The summed E-state index contributed by atoms with van der Waals surface area (Å²) in [6, 6.07) is 11.5. The predicted molar refractivity (Wildman–Crippen MR) is 114 cm³/mol. The number of anilines is 2. The number of nitrogens with two attached hydrogens (primary N) is 1. The van der Waals surface area contributed by atoms with Crippen LogP contribution in [0.4, 0.5) is 11.4 Å². The van der Waals surface area contributed by atoms with Gasteiger partial charge in [0.2, 0.25) is 16.9 Å². The molecule has 4 rings (SSSR count). The van der Waals surface area contributed by atoms with Crippen LogP contribution in [0.1, 0.15) is 25.7 Å². The molecule has 29 heavy (non-hydrogen) atoms. The van der Waals surface area contributed by atoms with Crippen molar-refractivity contribution >= 4 is 29.0 Å². The summed E-state index contributed by atoms with van der Waals surface area (Å²) in [7, 11) is 0. The van der Waals surface area contributed by atoms with Crippen molar-refractivity contribution in [3.63, 3.8) is 0 Å². The Hall–Kier alpha value is -2.94. The largest absolute Gasteiger partial charge is 0.461 e. The number of furan rings is 1. The fourth-order valence-electron chi connectivity index (χ4n) is 3.36. The summed E-state index contributed by atoms with van der Waals surface area (Å²) >= 11 is 1.22. The van der Waals surface area contributed by atoms with Crippen LogP contribution in [0.25, 0.3) is 11.6 Å². The molecule has 0 saturated carbocycles. The average Bonchev–Trinajstić information content (AvgIpc) is 3.29. The summed E-state index contributed by atoms with van der Waals surface area (Å²) in [6.07, 6.45) is 6.64. The highest BCUT2D eigenvalue weighted by atomic mass is 32.2. The molecule has 8 nitrogen and oxygen atoms in total. The van der Waals surface area contributed by atoms with Crippen LogP contribution >= 0.6 is 11.8 Å².